The minimum absolute atomic E-state index is 0.00568. The molecule has 4 aromatic rings. The van der Waals surface area contributed by atoms with Gasteiger partial charge in [0.1, 0.15) is 17.7 Å². The molecular weight excluding hydrogens is 562 g/mol. The lowest BCUT2D eigenvalue weighted by Crippen LogP contribution is -2.50. The maximum atomic E-state index is 14.3. The summed E-state index contributed by atoms with van der Waals surface area (Å²) < 4.78 is 60.8. The maximum absolute atomic E-state index is 14.3. The molecule has 3 aliphatic carbocycles. The summed E-state index contributed by atoms with van der Waals surface area (Å²) in [4.78, 5) is 8.47. The highest BCUT2D eigenvalue weighted by Crippen LogP contribution is 2.56. The second-order valence-electron chi connectivity index (χ2n) is 11.6. The van der Waals surface area contributed by atoms with Gasteiger partial charge in [0.05, 0.1) is 29.6 Å². The van der Waals surface area contributed by atoms with E-state index < -0.39 is 33.4 Å². The van der Waals surface area contributed by atoms with E-state index in [9.17, 15) is 22.3 Å². The van der Waals surface area contributed by atoms with E-state index in [1.54, 1.807) is 38.9 Å². The number of benzene rings is 1. The second-order valence-corrected chi connectivity index (χ2v) is 13.4. The molecule has 3 aromatic heterocycles. The first kappa shape index (κ1) is 27.1. The van der Waals surface area contributed by atoms with Crippen LogP contribution in [-0.4, -0.2) is 54.2 Å². The lowest BCUT2D eigenvalue weighted by Gasteiger charge is -2.49. The quantitative estimate of drug-likeness (QED) is 0.342. The van der Waals surface area contributed by atoms with Crippen LogP contribution in [0, 0.1) is 17.0 Å². The van der Waals surface area contributed by atoms with Gasteiger partial charge < -0.3 is 9.67 Å². The van der Waals surface area contributed by atoms with E-state index in [4.69, 9.17) is 0 Å². The zero-order chi connectivity index (χ0) is 29.2. The molecule has 12 heteroatoms. The molecule has 42 heavy (non-hydrogen) atoms. The molecule has 218 valence electrons. The summed E-state index contributed by atoms with van der Waals surface area (Å²) in [6.45, 7) is 0. The molecule has 3 atom stereocenters. The Kier molecular flexibility index (Phi) is 6.41. The molecule has 1 N–H and O–H groups in total. The van der Waals surface area contributed by atoms with Crippen LogP contribution in [0.2, 0.25) is 0 Å². The Morgan fingerprint density at radius 1 is 1.07 bits per heavy atom. The fraction of sp³-hybridized carbons (Fsp3) is 0.367. The first-order chi connectivity index (χ1) is 20.2. The summed E-state index contributed by atoms with van der Waals surface area (Å²) in [5, 5.41) is 16.6. The molecule has 0 amide bonds. The van der Waals surface area contributed by atoms with Crippen molar-refractivity contribution in [1.82, 2.24) is 28.6 Å². The van der Waals surface area contributed by atoms with Crippen LogP contribution >= 0.6 is 0 Å². The number of aromatic nitrogens is 5. The van der Waals surface area contributed by atoms with E-state index in [1.807, 2.05) is 6.08 Å². The van der Waals surface area contributed by atoms with Gasteiger partial charge in [0.15, 0.2) is 5.03 Å². The number of aliphatic hydroxyl groups excluding tert-OH is 1. The van der Waals surface area contributed by atoms with E-state index in [0.717, 1.165) is 29.7 Å². The molecular formula is C30H30F2N6O3S. The minimum atomic E-state index is -3.90. The normalized spacial score (nSPS) is 22.9. The summed E-state index contributed by atoms with van der Waals surface area (Å²) in [5.74, 6) is -0.853. The Morgan fingerprint density at radius 2 is 1.86 bits per heavy atom. The summed E-state index contributed by atoms with van der Waals surface area (Å²) in [6.07, 6.45) is 10.1. The van der Waals surface area contributed by atoms with Crippen LogP contribution in [0.5, 0.6) is 0 Å². The number of halogens is 2. The molecule has 0 aliphatic heterocycles. The third-order valence-corrected chi connectivity index (χ3v) is 10.7. The zero-order valence-electron chi connectivity index (χ0n) is 22.9. The average Bonchev–Trinajstić information content (AvgIpc) is 3.55. The first-order valence-electron chi connectivity index (χ1n) is 14.0. The van der Waals surface area contributed by atoms with Crippen molar-refractivity contribution < 1.29 is 22.3 Å². The number of fused-ring (bicyclic) bond motifs is 2. The predicted molar refractivity (Wildman–Crippen MR) is 150 cm³/mol. The highest BCUT2D eigenvalue weighted by atomic mass is 32.2. The third kappa shape index (κ3) is 4.48. The lowest BCUT2D eigenvalue weighted by atomic mass is 9.59. The highest BCUT2D eigenvalue weighted by molar-refractivity contribution is 7.89. The van der Waals surface area contributed by atoms with Gasteiger partial charge in [-0.25, -0.2) is 26.9 Å². The van der Waals surface area contributed by atoms with E-state index >= 15 is 0 Å². The molecule has 9 nitrogen and oxygen atoms in total. The molecule has 2 fully saturated rings. The van der Waals surface area contributed by atoms with Gasteiger partial charge in [-0.05, 0) is 86.6 Å². The molecule has 0 radical (unpaired) electrons. The topological polar surface area (TPSA) is 106 Å². The Balaban J connectivity index is 1.32. The van der Waals surface area contributed by atoms with Crippen LogP contribution in [-0.2, 0) is 23.5 Å². The van der Waals surface area contributed by atoms with E-state index in [0.29, 0.717) is 31.4 Å². The number of aliphatic hydroxyl groups is 1. The van der Waals surface area contributed by atoms with Crippen LogP contribution in [0.1, 0.15) is 55.2 Å². The van der Waals surface area contributed by atoms with Crippen molar-refractivity contribution in [2.45, 2.75) is 61.7 Å². The number of imidazole rings is 1. The fourth-order valence-electron chi connectivity index (χ4n) is 6.71. The van der Waals surface area contributed by atoms with Crippen molar-refractivity contribution in [1.29, 1.82) is 0 Å². The SMILES string of the molecule is Cn1cnc(S(=O)(=O)N(C2CC2)[C@H]2CCC3=Cc4c(cnn4-c4ccc(F)cc4)C[C@]3([C@@H](O)c3cc(F)ccn3)C2)c1. The third-order valence-electron chi connectivity index (χ3n) is 8.80. The van der Waals surface area contributed by atoms with Crippen molar-refractivity contribution >= 4 is 16.1 Å². The van der Waals surface area contributed by atoms with E-state index in [-0.39, 0.29) is 22.6 Å². The molecule has 0 unspecified atom stereocenters. The summed E-state index contributed by atoms with van der Waals surface area (Å²) in [6, 6.07) is 8.00. The zero-order valence-corrected chi connectivity index (χ0v) is 23.8. The molecule has 0 saturated heterocycles. The smallest absolute Gasteiger partial charge is 0.262 e. The van der Waals surface area contributed by atoms with Crippen LogP contribution in [0.15, 0.2) is 71.9 Å². The van der Waals surface area contributed by atoms with Crippen LogP contribution in [0.3, 0.4) is 0 Å². The lowest BCUT2D eigenvalue weighted by molar-refractivity contribution is 0.00864. The van der Waals surface area contributed by atoms with Crippen LogP contribution in [0.4, 0.5) is 8.78 Å². The number of pyridine rings is 1. The van der Waals surface area contributed by atoms with Crippen molar-refractivity contribution in [3.63, 3.8) is 0 Å². The van der Waals surface area contributed by atoms with Crippen LogP contribution in [0.25, 0.3) is 11.8 Å². The van der Waals surface area contributed by atoms with Gasteiger partial charge in [0, 0.05) is 36.9 Å². The van der Waals surface area contributed by atoms with Gasteiger partial charge in [0.25, 0.3) is 10.0 Å². The minimum Gasteiger partial charge on any atom is -0.386 e. The van der Waals surface area contributed by atoms with Gasteiger partial charge in [-0.3, -0.25) is 4.98 Å². The molecule has 2 saturated carbocycles. The number of nitrogens with zero attached hydrogens (tertiary/aromatic N) is 6. The van der Waals surface area contributed by atoms with Gasteiger partial charge in [0.2, 0.25) is 0 Å². The van der Waals surface area contributed by atoms with Gasteiger partial charge >= 0.3 is 0 Å². The fourth-order valence-corrected chi connectivity index (χ4v) is 8.58. The maximum Gasteiger partial charge on any atom is 0.262 e. The second kappa shape index (κ2) is 9.92. The molecule has 7 rings (SSSR count). The van der Waals surface area contributed by atoms with Gasteiger partial charge in [-0.15, -0.1) is 0 Å². The Bertz CT molecular complexity index is 1800. The number of rotatable bonds is 7. The van der Waals surface area contributed by atoms with E-state index in [1.165, 1.54) is 43.0 Å². The Labute approximate surface area is 242 Å². The Morgan fingerprint density at radius 3 is 2.55 bits per heavy atom. The molecule has 3 heterocycles. The molecule has 1 aromatic carbocycles. The van der Waals surface area contributed by atoms with Crippen molar-refractivity contribution in [3.8, 4) is 5.69 Å². The standard InChI is InChI=1S/C30H30F2N6O3S/c1-36-17-28(34-18-36)42(40,41)38(24-8-9-24)25-5-2-20-12-27-19(16-35-37(27)23-6-3-21(31)4-7-23)14-30(20,15-25)29(39)26-13-22(32)10-11-33-26/h3-4,6-7,10-13,16-18,24-25,29,39H,2,5,8-9,14-15H2,1H3/t25-,29-,30-/m0/s1. The summed E-state index contributed by atoms with van der Waals surface area (Å²) in [7, 11) is -2.17. The van der Waals surface area contributed by atoms with Crippen molar-refractivity contribution in [3.05, 3.63) is 95.5 Å². The van der Waals surface area contributed by atoms with Gasteiger partial charge in [-0.1, -0.05) is 5.57 Å². The van der Waals surface area contributed by atoms with Crippen molar-refractivity contribution in [2.75, 3.05) is 0 Å². The molecule has 0 spiro atoms. The Hall–Kier alpha value is -3.74. The van der Waals surface area contributed by atoms with Gasteiger partial charge in [-0.2, -0.15) is 9.40 Å². The molecule has 3 aliphatic rings. The predicted octanol–water partition coefficient (Wildman–Crippen LogP) is 4.34. The number of aryl methyl sites for hydroxylation is 1. The van der Waals surface area contributed by atoms with E-state index in [2.05, 4.69) is 15.1 Å². The summed E-state index contributed by atoms with van der Waals surface area (Å²) >= 11 is 0. The average molecular weight is 593 g/mol. The molecule has 0 bridgehead atoms. The summed E-state index contributed by atoms with van der Waals surface area (Å²) in [5.41, 5.74) is 2.56. The first-order valence-corrected chi connectivity index (χ1v) is 15.4. The highest BCUT2D eigenvalue weighted by Gasteiger charge is 2.53. The number of hydrogen-bond acceptors (Lipinski definition) is 6. The van der Waals surface area contributed by atoms with Crippen molar-refractivity contribution in [2.24, 2.45) is 12.5 Å². The largest absolute Gasteiger partial charge is 0.386 e. The monoisotopic (exact) mass is 592 g/mol. The number of sulfonamides is 1. The van der Waals surface area contributed by atoms with Crippen LogP contribution < -0.4 is 0 Å². The number of hydrogen-bond donors (Lipinski definition) is 1.